The van der Waals surface area contributed by atoms with Gasteiger partial charge in [0, 0.05) is 73.1 Å². The molecule has 3 heterocycles. The summed E-state index contributed by atoms with van der Waals surface area (Å²) in [6.07, 6.45) is 5.42. The van der Waals surface area contributed by atoms with Gasteiger partial charge in [-0.3, -0.25) is 14.7 Å². The quantitative estimate of drug-likeness (QED) is 0.453. The first-order valence-electron chi connectivity index (χ1n) is 12.2. The summed E-state index contributed by atoms with van der Waals surface area (Å²) in [5, 5.41) is 10.6. The van der Waals surface area contributed by atoms with Crippen LogP contribution in [0.25, 0.3) is 11.3 Å². The number of anilines is 1. The number of pyridine rings is 1. The largest absolute Gasteiger partial charge is 0.457 e. The minimum atomic E-state index is 0.133. The lowest BCUT2D eigenvalue weighted by Gasteiger charge is -2.27. The molecule has 3 aromatic rings. The molecular weight excluding hydrogens is 438 g/mol. The standard InChI is InChI=1S/C28H31N5O2/c1-3-32-12-4-5-22(32)18-33-17-21-13-19(7-9-25(21)28(33)34)27-15-24(10-11-31-27)35-23-8-6-20(16-29)26(14-23)30-2/h6-11,13-16,22,29-30H,3-5,12,17-18H2,1-2H3/t22-/m0/s1. The van der Waals surface area contributed by atoms with Crippen LogP contribution in [0.2, 0.25) is 0 Å². The molecule has 1 aromatic heterocycles. The summed E-state index contributed by atoms with van der Waals surface area (Å²) in [5.74, 6) is 1.49. The van der Waals surface area contributed by atoms with Gasteiger partial charge in [-0.2, -0.15) is 0 Å². The summed E-state index contributed by atoms with van der Waals surface area (Å²) in [5.41, 5.74) is 5.26. The molecule has 2 aliphatic heterocycles. The molecule has 1 fully saturated rings. The van der Waals surface area contributed by atoms with E-state index in [4.69, 9.17) is 10.1 Å². The maximum absolute atomic E-state index is 13.0. The second-order valence-corrected chi connectivity index (χ2v) is 9.10. The molecule has 1 atom stereocenters. The number of nitrogens with zero attached hydrogens (tertiary/aromatic N) is 3. The average molecular weight is 470 g/mol. The lowest BCUT2D eigenvalue weighted by atomic mass is 10.0. The first kappa shape index (κ1) is 23.1. The molecule has 0 aliphatic carbocycles. The topological polar surface area (TPSA) is 81.6 Å². The van der Waals surface area contributed by atoms with Crippen LogP contribution in [0.15, 0.2) is 54.7 Å². The number of rotatable bonds is 8. The van der Waals surface area contributed by atoms with Crippen LogP contribution in [0.4, 0.5) is 5.69 Å². The fourth-order valence-corrected chi connectivity index (χ4v) is 5.17. The Kier molecular flexibility index (Phi) is 6.51. The number of fused-ring (bicyclic) bond motifs is 1. The smallest absolute Gasteiger partial charge is 0.254 e. The molecule has 7 nitrogen and oxygen atoms in total. The Hall–Kier alpha value is -3.71. The third-order valence-electron chi connectivity index (χ3n) is 7.03. The van der Waals surface area contributed by atoms with Gasteiger partial charge in [0.2, 0.25) is 0 Å². The molecular formula is C28H31N5O2. The molecule has 2 aliphatic rings. The zero-order chi connectivity index (χ0) is 24.4. The van der Waals surface area contributed by atoms with E-state index in [-0.39, 0.29) is 5.91 Å². The van der Waals surface area contributed by atoms with Gasteiger partial charge >= 0.3 is 0 Å². The molecule has 5 rings (SSSR count). The fraction of sp³-hybridized carbons (Fsp3) is 0.321. The Labute approximate surface area is 206 Å². The summed E-state index contributed by atoms with van der Waals surface area (Å²) in [4.78, 5) is 22.1. The number of likely N-dealkylation sites (N-methyl/N-ethyl adjacent to an activating group) is 1. The van der Waals surface area contributed by atoms with Crippen LogP contribution < -0.4 is 10.1 Å². The number of nitrogens with one attached hydrogen (secondary N) is 2. The fourth-order valence-electron chi connectivity index (χ4n) is 5.17. The zero-order valence-corrected chi connectivity index (χ0v) is 20.3. The van der Waals surface area contributed by atoms with Gasteiger partial charge in [0.05, 0.1) is 5.69 Å². The van der Waals surface area contributed by atoms with Crippen molar-refractivity contribution in [3.8, 4) is 22.8 Å². The third kappa shape index (κ3) is 4.64. The number of carbonyl (C=O) groups is 1. The molecule has 2 aromatic carbocycles. The van der Waals surface area contributed by atoms with E-state index >= 15 is 0 Å². The van der Waals surface area contributed by atoms with E-state index in [9.17, 15) is 4.79 Å². The summed E-state index contributed by atoms with van der Waals surface area (Å²) >= 11 is 0. The van der Waals surface area contributed by atoms with Crippen LogP contribution in [0, 0.1) is 5.41 Å². The summed E-state index contributed by atoms with van der Waals surface area (Å²) in [7, 11) is 1.82. The molecule has 0 saturated carbocycles. The van der Waals surface area contributed by atoms with E-state index in [0.29, 0.717) is 24.1 Å². The highest BCUT2D eigenvalue weighted by Gasteiger charge is 2.32. The molecule has 1 amide bonds. The van der Waals surface area contributed by atoms with E-state index < -0.39 is 0 Å². The maximum atomic E-state index is 13.0. The SMILES string of the molecule is CCN1CCC[C@H]1CN1Cc2cc(-c3cc(Oc4ccc(C=N)c(NC)c4)ccn3)ccc2C1=O. The number of benzene rings is 2. The highest BCUT2D eigenvalue weighted by Crippen LogP contribution is 2.32. The normalized spacial score (nSPS) is 17.5. The lowest BCUT2D eigenvalue weighted by molar-refractivity contribution is 0.0731. The van der Waals surface area contributed by atoms with Crippen molar-refractivity contribution in [1.29, 1.82) is 5.41 Å². The van der Waals surface area contributed by atoms with Gasteiger partial charge in [0.15, 0.2) is 0 Å². The number of likely N-dealkylation sites (tertiary alicyclic amines) is 1. The number of hydrogen-bond donors (Lipinski definition) is 2. The number of ether oxygens (including phenoxy) is 1. The van der Waals surface area contributed by atoms with Gasteiger partial charge in [0.25, 0.3) is 5.91 Å². The van der Waals surface area contributed by atoms with Crippen LogP contribution in [-0.2, 0) is 6.54 Å². The number of hydrogen-bond acceptors (Lipinski definition) is 6. The molecule has 0 spiro atoms. The van der Waals surface area contributed by atoms with Crippen LogP contribution in [0.3, 0.4) is 0 Å². The van der Waals surface area contributed by atoms with Crippen molar-refractivity contribution >= 4 is 17.8 Å². The molecule has 0 unspecified atom stereocenters. The third-order valence-corrected chi connectivity index (χ3v) is 7.03. The molecule has 2 N–H and O–H groups in total. The second-order valence-electron chi connectivity index (χ2n) is 9.10. The highest BCUT2D eigenvalue weighted by atomic mass is 16.5. The van der Waals surface area contributed by atoms with Crippen molar-refractivity contribution in [2.75, 3.05) is 32.0 Å². The zero-order valence-electron chi connectivity index (χ0n) is 20.3. The van der Waals surface area contributed by atoms with Gasteiger partial charge in [-0.15, -0.1) is 0 Å². The molecule has 7 heteroatoms. The number of carbonyl (C=O) groups excluding carboxylic acids is 1. The van der Waals surface area contributed by atoms with Gasteiger partial charge in [-0.25, -0.2) is 0 Å². The predicted octanol–water partition coefficient (Wildman–Crippen LogP) is 5.02. The summed E-state index contributed by atoms with van der Waals surface area (Å²) in [6.45, 7) is 5.81. The Balaban J connectivity index is 1.33. The maximum Gasteiger partial charge on any atom is 0.254 e. The van der Waals surface area contributed by atoms with E-state index in [2.05, 4.69) is 28.2 Å². The van der Waals surface area contributed by atoms with E-state index in [1.165, 1.54) is 12.6 Å². The first-order valence-corrected chi connectivity index (χ1v) is 12.2. The molecule has 0 bridgehead atoms. The summed E-state index contributed by atoms with van der Waals surface area (Å²) < 4.78 is 6.08. The van der Waals surface area contributed by atoms with Gasteiger partial charge < -0.3 is 20.4 Å². The van der Waals surface area contributed by atoms with E-state index in [1.54, 1.807) is 6.20 Å². The molecule has 180 valence electrons. The second kappa shape index (κ2) is 9.88. The number of aromatic nitrogens is 1. The van der Waals surface area contributed by atoms with E-state index in [0.717, 1.165) is 59.7 Å². The van der Waals surface area contributed by atoms with Crippen molar-refractivity contribution in [3.63, 3.8) is 0 Å². The lowest BCUT2D eigenvalue weighted by Crippen LogP contribution is -2.40. The van der Waals surface area contributed by atoms with Crippen molar-refractivity contribution in [1.82, 2.24) is 14.8 Å². The molecule has 0 radical (unpaired) electrons. The van der Waals surface area contributed by atoms with Gasteiger partial charge in [-0.05, 0) is 61.8 Å². The van der Waals surface area contributed by atoms with Crippen LogP contribution in [0.5, 0.6) is 11.5 Å². The Bertz CT molecular complexity index is 1260. The van der Waals surface area contributed by atoms with Gasteiger partial charge in [-0.1, -0.05) is 13.0 Å². The van der Waals surface area contributed by atoms with Gasteiger partial charge in [0.1, 0.15) is 11.5 Å². The predicted molar refractivity (Wildman–Crippen MR) is 139 cm³/mol. The van der Waals surface area contributed by atoms with Crippen molar-refractivity contribution < 1.29 is 9.53 Å². The first-order chi connectivity index (χ1) is 17.1. The Morgan fingerprint density at radius 1 is 1.17 bits per heavy atom. The van der Waals surface area contributed by atoms with Crippen LogP contribution in [0.1, 0.15) is 41.3 Å². The monoisotopic (exact) mass is 469 g/mol. The van der Waals surface area contributed by atoms with Crippen LogP contribution in [-0.4, -0.2) is 59.6 Å². The Morgan fingerprint density at radius 3 is 2.83 bits per heavy atom. The molecule has 1 saturated heterocycles. The number of amides is 1. The molecule has 35 heavy (non-hydrogen) atoms. The average Bonchev–Trinajstić information content (AvgIpc) is 3.47. The Morgan fingerprint density at radius 2 is 2.03 bits per heavy atom. The van der Waals surface area contributed by atoms with Crippen molar-refractivity contribution in [2.24, 2.45) is 0 Å². The van der Waals surface area contributed by atoms with Crippen LogP contribution >= 0.6 is 0 Å². The minimum Gasteiger partial charge on any atom is -0.457 e. The van der Waals surface area contributed by atoms with E-state index in [1.807, 2.05) is 54.4 Å². The van der Waals surface area contributed by atoms with Crippen molar-refractivity contribution in [2.45, 2.75) is 32.4 Å². The minimum absolute atomic E-state index is 0.133. The summed E-state index contributed by atoms with van der Waals surface area (Å²) in [6, 6.07) is 15.8. The highest BCUT2D eigenvalue weighted by molar-refractivity contribution is 5.99. The van der Waals surface area contributed by atoms with Crippen molar-refractivity contribution in [3.05, 3.63) is 71.4 Å².